The van der Waals surface area contributed by atoms with Gasteiger partial charge in [-0.3, -0.25) is 4.79 Å². The third kappa shape index (κ3) is 13.9. The molecule has 4 rings (SSSR count). The minimum Gasteiger partial charge on any atom is -0.462 e. The molecule has 0 aliphatic carbocycles. The molecule has 1 unspecified atom stereocenters. The molecule has 2 aromatic rings. The number of aromatic amines is 1. The van der Waals surface area contributed by atoms with Gasteiger partial charge in [-0.25, -0.2) is 0 Å². The average molecular weight is 783 g/mol. The highest BCUT2D eigenvalue weighted by Crippen LogP contribution is 2.30. The van der Waals surface area contributed by atoms with Crippen molar-refractivity contribution in [3.8, 4) is 5.75 Å². The van der Waals surface area contributed by atoms with Crippen LogP contribution < -0.4 is 10.1 Å². The molecule has 2 aliphatic heterocycles. The van der Waals surface area contributed by atoms with Crippen molar-refractivity contribution in [3.63, 3.8) is 0 Å². The van der Waals surface area contributed by atoms with E-state index in [1.165, 1.54) is 51.4 Å². The van der Waals surface area contributed by atoms with Gasteiger partial charge in [-0.2, -0.15) is 0 Å². The topological polar surface area (TPSA) is 244 Å². The molecule has 2 aliphatic rings. The summed E-state index contributed by atoms with van der Waals surface area (Å²) in [4.78, 5) is 15.7. The van der Waals surface area contributed by atoms with Crippen molar-refractivity contribution in [2.45, 2.75) is 177 Å². The fourth-order valence-corrected chi connectivity index (χ4v) is 7.18. The summed E-state index contributed by atoms with van der Waals surface area (Å²) in [5.74, 6) is 0.344. The molecule has 11 atom stereocenters. The van der Waals surface area contributed by atoms with Crippen molar-refractivity contribution < 1.29 is 64.6 Å². The summed E-state index contributed by atoms with van der Waals surface area (Å²) in [6, 6.07) is 5.19. The Bertz CT molecular complexity index is 1380. The van der Waals surface area contributed by atoms with Gasteiger partial charge in [0.15, 0.2) is 6.29 Å². The quantitative estimate of drug-likeness (QED) is 0.0650. The lowest BCUT2D eigenvalue weighted by Crippen LogP contribution is -2.62. The highest BCUT2D eigenvalue weighted by molar-refractivity contribution is 5.84. The first-order valence-corrected chi connectivity index (χ1v) is 20.4. The number of unbranched alkanes of at least 4 members (excludes halogenated alkanes) is 11. The van der Waals surface area contributed by atoms with E-state index in [-0.39, 0.29) is 12.0 Å². The zero-order valence-electron chi connectivity index (χ0n) is 32.2. The van der Waals surface area contributed by atoms with Gasteiger partial charge in [0, 0.05) is 30.1 Å². The number of hydrogen-bond acceptors (Lipinski definition) is 13. The summed E-state index contributed by atoms with van der Waals surface area (Å²) >= 11 is 0. The Morgan fingerprint density at radius 3 is 2.00 bits per heavy atom. The average Bonchev–Trinajstić information content (AvgIpc) is 3.59. The molecule has 1 aromatic carbocycles. The molecule has 10 N–H and O–H groups in total. The molecule has 0 radical (unpaired) electrons. The number of benzene rings is 1. The van der Waals surface area contributed by atoms with Gasteiger partial charge < -0.3 is 70.1 Å². The minimum absolute atomic E-state index is 0.0299. The van der Waals surface area contributed by atoms with Crippen molar-refractivity contribution in [1.29, 1.82) is 0 Å². The number of amides is 1. The first-order valence-electron chi connectivity index (χ1n) is 20.4. The van der Waals surface area contributed by atoms with Gasteiger partial charge >= 0.3 is 0 Å². The van der Waals surface area contributed by atoms with E-state index in [0.29, 0.717) is 25.1 Å². The maximum atomic E-state index is 12.5. The van der Waals surface area contributed by atoms with Gasteiger partial charge in [-0.05, 0) is 49.4 Å². The maximum absolute atomic E-state index is 12.5. The monoisotopic (exact) mass is 782 g/mol. The number of rotatable bonds is 25. The Hall–Kier alpha value is -2.41. The maximum Gasteiger partial charge on any atom is 0.229 e. The van der Waals surface area contributed by atoms with Crippen LogP contribution in [0.1, 0.15) is 109 Å². The Balaban J connectivity index is 1.13. The third-order valence-electron chi connectivity index (χ3n) is 10.8. The van der Waals surface area contributed by atoms with Crippen LogP contribution in [-0.4, -0.2) is 139 Å². The predicted molar refractivity (Wildman–Crippen MR) is 203 cm³/mol. The molecule has 1 amide bonds. The Kier molecular flexibility index (Phi) is 19.5. The Morgan fingerprint density at radius 2 is 1.36 bits per heavy atom. The Labute approximate surface area is 324 Å². The number of nitrogens with one attached hydrogen (secondary N) is 2. The smallest absolute Gasteiger partial charge is 0.229 e. The summed E-state index contributed by atoms with van der Waals surface area (Å²) in [5.41, 5.74) is 1.78. The molecule has 2 fully saturated rings. The second-order valence-electron chi connectivity index (χ2n) is 15.1. The highest BCUT2D eigenvalue weighted by atomic mass is 16.7. The molecule has 15 heteroatoms. The van der Waals surface area contributed by atoms with Crippen molar-refractivity contribution in [2.75, 3.05) is 19.8 Å². The largest absolute Gasteiger partial charge is 0.462 e. The van der Waals surface area contributed by atoms with Crippen LogP contribution in [0.5, 0.6) is 5.75 Å². The zero-order chi connectivity index (χ0) is 39.7. The zero-order valence-corrected chi connectivity index (χ0v) is 32.2. The van der Waals surface area contributed by atoms with E-state index in [4.69, 9.17) is 18.9 Å². The van der Waals surface area contributed by atoms with E-state index < -0.39 is 74.6 Å². The van der Waals surface area contributed by atoms with E-state index in [9.17, 15) is 45.6 Å². The molecule has 2 saturated heterocycles. The van der Waals surface area contributed by atoms with Gasteiger partial charge in [0.25, 0.3) is 0 Å². The van der Waals surface area contributed by atoms with Crippen LogP contribution in [0.15, 0.2) is 24.4 Å². The van der Waals surface area contributed by atoms with Gasteiger partial charge in [0.2, 0.25) is 12.2 Å². The van der Waals surface area contributed by atoms with Crippen molar-refractivity contribution >= 4 is 16.8 Å². The fourth-order valence-electron chi connectivity index (χ4n) is 7.18. The van der Waals surface area contributed by atoms with Crippen molar-refractivity contribution in [1.82, 2.24) is 10.3 Å². The Morgan fingerprint density at radius 1 is 0.782 bits per heavy atom. The van der Waals surface area contributed by atoms with Crippen LogP contribution in [-0.2, 0) is 25.4 Å². The summed E-state index contributed by atoms with van der Waals surface area (Å²) in [5, 5.41) is 84.9. The molecule has 15 nitrogen and oxygen atoms in total. The standard InChI is InChI=1S/C40H66N2O13/c1-2-26(44)15-13-11-9-7-5-3-4-6-8-10-12-14-16-32(45)41-20-19-25-22-42-29-18-17-27(21-28(25)29)53-40-38(51)36(49)34(47)31(55-40)24-52-39-37(50)35(48)33(46)30(23-43)54-39/h17-18,21-22,26,30-31,33-40,42-44,46-51H,2-16,19-20,23-24H2,1H3,(H,41,45)/t26?,30-,31-,33-,34-,35-,36-,37+,38+,39+,40+/m1/s1. The second kappa shape index (κ2) is 23.7. The molecule has 0 saturated carbocycles. The number of aromatic nitrogens is 1. The number of carbonyl (C=O) groups is 1. The first-order chi connectivity index (χ1) is 26.5. The molecule has 55 heavy (non-hydrogen) atoms. The molecule has 1 aromatic heterocycles. The van der Waals surface area contributed by atoms with Crippen LogP contribution in [0.25, 0.3) is 10.9 Å². The SMILES string of the molecule is CCC(O)CCCCCCCCCCCCCCC(=O)NCCc1c[nH]c2ccc(O[C@H]3O[C@H](CO[C@H]4O[C@H](CO)[C@@H](O)[C@@H](O)[C@@H]4O)[C@@H](O)[C@@H](O)[C@@H]3O)cc12. The molecular formula is C40H66N2O13. The van der Waals surface area contributed by atoms with E-state index in [1.807, 2.05) is 13.1 Å². The van der Waals surface area contributed by atoms with Crippen LogP contribution in [0, 0.1) is 0 Å². The molecule has 314 valence electrons. The van der Waals surface area contributed by atoms with Crippen LogP contribution in [0.4, 0.5) is 0 Å². The highest BCUT2D eigenvalue weighted by Gasteiger charge is 2.48. The number of aliphatic hydroxyl groups excluding tert-OH is 8. The molecule has 0 spiro atoms. The summed E-state index contributed by atoms with van der Waals surface area (Å²) in [6.07, 6.45) is 3.68. The van der Waals surface area contributed by atoms with Gasteiger partial charge in [-0.15, -0.1) is 0 Å². The summed E-state index contributed by atoms with van der Waals surface area (Å²) in [7, 11) is 0. The second-order valence-corrected chi connectivity index (χ2v) is 15.1. The number of H-pyrrole nitrogens is 1. The van der Waals surface area contributed by atoms with Crippen LogP contribution in [0.2, 0.25) is 0 Å². The van der Waals surface area contributed by atoms with Crippen molar-refractivity contribution in [3.05, 3.63) is 30.0 Å². The number of aliphatic hydroxyl groups is 8. The van der Waals surface area contributed by atoms with Crippen LogP contribution >= 0.6 is 0 Å². The fraction of sp³-hybridized carbons (Fsp3) is 0.775. The normalized spacial score (nSPS) is 29.0. The van der Waals surface area contributed by atoms with E-state index >= 15 is 0 Å². The molecule has 3 heterocycles. The lowest BCUT2D eigenvalue weighted by molar-refractivity contribution is -0.323. The van der Waals surface area contributed by atoms with Gasteiger partial charge in [-0.1, -0.05) is 77.6 Å². The van der Waals surface area contributed by atoms with E-state index in [0.717, 1.165) is 55.0 Å². The predicted octanol–water partition coefficient (Wildman–Crippen LogP) is 2.06. The lowest BCUT2D eigenvalue weighted by atomic mass is 9.98. The number of fused-ring (bicyclic) bond motifs is 1. The summed E-state index contributed by atoms with van der Waals surface area (Å²) in [6.45, 7) is 1.38. The van der Waals surface area contributed by atoms with Gasteiger partial charge in [0.05, 0.1) is 19.3 Å². The van der Waals surface area contributed by atoms with Gasteiger partial charge in [0.1, 0.15) is 54.6 Å². The van der Waals surface area contributed by atoms with Crippen LogP contribution in [0.3, 0.4) is 0 Å². The summed E-state index contributed by atoms with van der Waals surface area (Å²) < 4.78 is 22.5. The third-order valence-corrected chi connectivity index (χ3v) is 10.8. The van der Waals surface area contributed by atoms with Crippen molar-refractivity contribution in [2.24, 2.45) is 0 Å². The number of ether oxygens (including phenoxy) is 4. The first kappa shape index (κ1) is 45.3. The molecule has 0 bridgehead atoms. The number of hydrogen-bond donors (Lipinski definition) is 10. The molecular weight excluding hydrogens is 716 g/mol. The van der Waals surface area contributed by atoms with E-state index in [2.05, 4.69) is 10.3 Å². The number of carbonyl (C=O) groups excluding carboxylic acids is 1. The lowest BCUT2D eigenvalue weighted by Gasteiger charge is -2.42. The van der Waals surface area contributed by atoms with E-state index in [1.54, 1.807) is 18.2 Å². The minimum atomic E-state index is -1.68.